The third-order valence-corrected chi connectivity index (χ3v) is 5.00. The predicted molar refractivity (Wildman–Crippen MR) is 72.1 cm³/mol. The minimum absolute atomic E-state index is 0.0295. The van der Waals surface area contributed by atoms with Crippen molar-refractivity contribution >= 4 is 55.1 Å². The number of thiophene rings is 1. The number of aliphatic carboxylic acids is 1. The maximum Gasteiger partial charge on any atom is 0.323 e. The van der Waals surface area contributed by atoms with Gasteiger partial charge < -0.3 is 10.0 Å². The van der Waals surface area contributed by atoms with Gasteiger partial charge in [-0.15, -0.1) is 17.8 Å². The second-order valence-electron chi connectivity index (χ2n) is 2.99. The summed E-state index contributed by atoms with van der Waals surface area (Å²) in [7, 11) is 0. The average Bonchev–Trinajstić information content (AvgIpc) is 2.57. The monoisotopic (exact) mass is 379 g/mol. The lowest BCUT2D eigenvalue weighted by atomic mass is 10.3. The zero-order valence-corrected chi connectivity index (χ0v) is 12.4. The number of carboxylic acids is 1. The first-order valence-corrected chi connectivity index (χ1v) is 6.75. The van der Waals surface area contributed by atoms with Crippen LogP contribution in [0.3, 0.4) is 0 Å². The molecule has 0 saturated carbocycles. The molecule has 0 aliphatic heterocycles. The summed E-state index contributed by atoms with van der Waals surface area (Å²) in [4.78, 5) is 24.1. The Hall–Kier alpha value is -0.840. The fourth-order valence-electron chi connectivity index (χ4n) is 1.08. The molecule has 1 N–H and O–H groups in total. The molecule has 1 rings (SSSR count). The lowest BCUT2D eigenvalue weighted by Crippen LogP contribution is -2.35. The molecule has 0 aromatic carbocycles. The molecule has 0 fully saturated rings. The topological polar surface area (TPSA) is 57.6 Å². The number of hydrogen-bond acceptors (Lipinski definition) is 3. The fourth-order valence-corrected chi connectivity index (χ4v) is 3.08. The van der Waals surface area contributed by atoms with Gasteiger partial charge in [0.25, 0.3) is 5.91 Å². The SMILES string of the molecule is C#CCN(CC(=O)O)C(=O)c1cc(Br)c(Br)s1. The van der Waals surface area contributed by atoms with E-state index in [1.807, 2.05) is 0 Å². The number of nitrogens with zero attached hydrogens (tertiary/aromatic N) is 1. The number of amides is 1. The molecule has 17 heavy (non-hydrogen) atoms. The number of carboxylic acid groups (broad SMARTS) is 1. The number of hydrogen-bond donors (Lipinski definition) is 1. The van der Waals surface area contributed by atoms with Crippen LogP contribution in [0.2, 0.25) is 0 Å². The van der Waals surface area contributed by atoms with Gasteiger partial charge in [-0.1, -0.05) is 5.92 Å². The number of rotatable bonds is 4. The summed E-state index contributed by atoms with van der Waals surface area (Å²) in [5.41, 5.74) is 0. The van der Waals surface area contributed by atoms with Crippen LogP contribution in [-0.4, -0.2) is 35.0 Å². The number of carbonyl (C=O) groups is 2. The first-order chi connectivity index (χ1) is 7.95. The van der Waals surface area contributed by atoms with Crippen molar-refractivity contribution in [1.29, 1.82) is 0 Å². The summed E-state index contributed by atoms with van der Waals surface area (Å²) in [5, 5.41) is 8.69. The van der Waals surface area contributed by atoms with Crippen LogP contribution in [0.15, 0.2) is 14.3 Å². The summed E-state index contributed by atoms with van der Waals surface area (Å²) in [6.07, 6.45) is 5.10. The van der Waals surface area contributed by atoms with Crippen LogP contribution < -0.4 is 0 Å². The van der Waals surface area contributed by atoms with E-state index >= 15 is 0 Å². The van der Waals surface area contributed by atoms with Gasteiger partial charge in [0, 0.05) is 4.47 Å². The number of terminal acetylenes is 1. The highest BCUT2D eigenvalue weighted by atomic mass is 79.9. The van der Waals surface area contributed by atoms with Crippen LogP contribution >= 0.6 is 43.2 Å². The molecule has 0 saturated heterocycles. The minimum Gasteiger partial charge on any atom is -0.480 e. The minimum atomic E-state index is -1.09. The fraction of sp³-hybridized carbons (Fsp3) is 0.200. The van der Waals surface area contributed by atoms with E-state index in [-0.39, 0.29) is 12.5 Å². The predicted octanol–water partition coefficient (Wildman–Crippen LogP) is 2.43. The Morgan fingerprint density at radius 3 is 2.59 bits per heavy atom. The van der Waals surface area contributed by atoms with Crippen LogP contribution in [0, 0.1) is 12.3 Å². The molecule has 0 atom stereocenters. The zero-order valence-electron chi connectivity index (χ0n) is 8.44. The molecule has 90 valence electrons. The molecule has 7 heteroatoms. The molecular weight excluding hydrogens is 374 g/mol. The normalized spacial score (nSPS) is 9.71. The van der Waals surface area contributed by atoms with Crippen molar-refractivity contribution in [3.63, 3.8) is 0 Å². The Morgan fingerprint density at radius 2 is 2.18 bits per heavy atom. The smallest absolute Gasteiger partial charge is 0.323 e. The van der Waals surface area contributed by atoms with Gasteiger partial charge in [0.15, 0.2) is 0 Å². The average molecular weight is 381 g/mol. The number of halogens is 2. The second kappa shape index (κ2) is 6.19. The highest BCUT2D eigenvalue weighted by molar-refractivity contribution is 9.13. The van der Waals surface area contributed by atoms with E-state index in [0.29, 0.717) is 4.88 Å². The molecule has 1 aromatic rings. The Kier molecular flexibility index (Phi) is 5.18. The van der Waals surface area contributed by atoms with Gasteiger partial charge in [-0.2, -0.15) is 0 Å². The highest BCUT2D eigenvalue weighted by Crippen LogP contribution is 2.32. The van der Waals surface area contributed by atoms with Crippen LogP contribution in [0.4, 0.5) is 0 Å². The molecular formula is C10H7Br2NO3S. The summed E-state index contributed by atoms with van der Waals surface area (Å²) >= 11 is 7.75. The van der Waals surface area contributed by atoms with Crippen LogP contribution in [0.25, 0.3) is 0 Å². The quantitative estimate of drug-likeness (QED) is 0.816. The molecule has 0 unspecified atom stereocenters. The van der Waals surface area contributed by atoms with E-state index in [0.717, 1.165) is 13.2 Å². The van der Waals surface area contributed by atoms with Crippen molar-refractivity contribution in [3.8, 4) is 12.3 Å². The molecule has 0 aliphatic rings. The zero-order chi connectivity index (χ0) is 13.0. The molecule has 1 aromatic heterocycles. The Bertz CT molecular complexity index is 473. The molecule has 4 nitrogen and oxygen atoms in total. The summed E-state index contributed by atoms with van der Waals surface area (Å²) in [6, 6.07) is 1.63. The molecule has 1 amide bonds. The van der Waals surface area contributed by atoms with E-state index in [1.54, 1.807) is 6.07 Å². The van der Waals surface area contributed by atoms with Crippen LogP contribution in [-0.2, 0) is 4.79 Å². The van der Waals surface area contributed by atoms with E-state index in [4.69, 9.17) is 11.5 Å². The molecule has 0 bridgehead atoms. The summed E-state index contributed by atoms with van der Waals surface area (Å²) < 4.78 is 1.53. The van der Waals surface area contributed by atoms with Crippen molar-refractivity contribution in [3.05, 3.63) is 19.2 Å². The lowest BCUT2D eigenvalue weighted by Gasteiger charge is -2.16. The van der Waals surface area contributed by atoms with Crippen molar-refractivity contribution < 1.29 is 14.7 Å². The Labute approximate surface area is 119 Å². The van der Waals surface area contributed by atoms with E-state index < -0.39 is 12.5 Å². The van der Waals surface area contributed by atoms with Gasteiger partial charge in [0.1, 0.15) is 6.54 Å². The van der Waals surface area contributed by atoms with Crippen LogP contribution in [0.5, 0.6) is 0 Å². The van der Waals surface area contributed by atoms with E-state index in [2.05, 4.69) is 37.8 Å². The molecule has 1 heterocycles. The van der Waals surface area contributed by atoms with Gasteiger partial charge >= 0.3 is 5.97 Å². The Morgan fingerprint density at radius 1 is 1.53 bits per heavy atom. The van der Waals surface area contributed by atoms with Crippen molar-refractivity contribution in [2.45, 2.75) is 0 Å². The van der Waals surface area contributed by atoms with Crippen LogP contribution in [0.1, 0.15) is 9.67 Å². The second-order valence-corrected chi connectivity index (χ2v) is 6.22. The van der Waals surface area contributed by atoms with Gasteiger partial charge in [-0.3, -0.25) is 9.59 Å². The Balaban J connectivity index is 2.91. The van der Waals surface area contributed by atoms with E-state index in [1.165, 1.54) is 11.3 Å². The van der Waals surface area contributed by atoms with Gasteiger partial charge in [-0.05, 0) is 37.9 Å². The maximum absolute atomic E-state index is 12.0. The van der Waals surface area contributed by atoms with Gasteiger partial charge in [0.05, 0.1) is 15.2 Å². The molecule has 0 spiro atoms. The van der Waals surface area contributed by atoms with Crippen molar-refractivity contribution in [2.75, 3.05) is 13.1 Å². The van der Waals surface area contributed by atoms with Gasteiger partial charge in [-0.25, -0.2) is 0 Å². The molecule has 0 aliphatic carbocycles. The largest absolute Gasteiger partial charge is 0.480 e. The van der Waals surface area contributed by atoms with Crippen molar-refractivity contribution in [2.24, 2.45) is 0 Å². The van der Waals surface area contributed by atoms with E-state index in [9.17, 15) is 9.59 Å². The lowest BCUT2D eigenvalue weighted by molar-refractivity contribution is -0.137. The summed E-state index contributed by atoms with van der Waals surface area (Å²) in [6.45, 7) is -0.436. The first kappa shape index (κ1) is 14.2. The highest BCUT2D eigenvalue weighted by Gasteiger charge is 2.20. The standard InChI is InChI=1S/C10H7Br2NO3S/c1-2-3-13(5-8(14)15)10(16)7-4-6(11)9(12)17-7/h1,4H,3,5H2,(H,14,15). The van der Waals surface area contributed by atoms with Crippen molar-refractivity contribution in [1.82, 2.24) is 4.90 Å². The number of carbonyl (C=O) groups excluding carboxylic acids is 1. The van der Waals surface area contributed by atoms with Gasteiger partial charge in [0.2, 0.25) is 0 Å². The maximum atomic E-state index is 12.0. The molecule has 0 radical (unpaired) electrons. The first-order valence-electron chi connectivity index (χ1n) is 4.35. The third kappa shape index (κ3) is 3.84. The third-order valence-electron chi connectivity index (χ3n) is 1.75. The summed E-state index contributed by atoms with van der Waals surface area (Å²) in [5.74, 6) is 0.787.